The standard InChI is InChI=1S/C20H28N2O3/c1-14(2)11-19(24)21-12-15-7-9-16(10-8-15)20(25)22(3)13-17-5-4-6-18(17)23/h7-11,17-18,23H,4-6,12-13H2,1-3H3,(H,21,24). The number of hydrogen-bond acceptors (Lipinski definition) is 3. The van der Waals surface area contributed by atoms with Gasteiger partial charge < -0.3 is 15.3 Å². The van der Waals surface area contributed by atoms with Crippen molar-refractivity contribution in [1.29, 1.82) is 0 Å². The van der Waals surface area contributed by atoms with Crippen molar-refractivity contribution in [3.05, 3.63) is 47.0 Å². The van der Waals surface area contributed by atoms with Gasteiger partial charge in [0.2, 0.25) is 5.91 Å². The van der Waals surface area contributed by atoms with Crippen molar-refractivity contribution >= 4 is 11.8 Å². The first-order valence-electron chi connectivity index (χ1n) is 8.82. The molecule has 1 aromatic rings. The zero-order chi connectivity index (χ0) is 18.4. The molecule has 0 saturated heterocycles. The van der Waals surface area contributed by atoms with Gasteiger partial charge in [-0.05, 0) is 44.4 Å². The summed E-state index contributed by atoms with van der Waals surface area (Å²) in [4.78, 5) is 25.8. The second-order valence-corrected chi connectivity index (χ2v) is 7.08. The summed E-state index contributed by atoms with van der Waals surface area (Å²) in [5.41, 5.74) is 2.52. The number of nitrogens with one attached hydrogen (secondary N) is 1. The Labute approximate surface area is 149 Å². The first-order chi connectivity index (χ1) is 11.9. The topological polar surface area (TPSA) is 69.6 Å². The van der Waals surface area contributed by atoms with Crippen molar-refractivity contribution in [2.24, 2.45) is 5.92 Å². The number of rotatable bonds is 6. The van der Waals surface area contributed by atoms with Crippen LogP contribution in [0, 0.1) is 5.92 Å². The Morgan fingerprint density at radius 3 is 2.48 bits per heavy atom. The molecule has 0 aromatic heterocycles. The second-order valence-electron chi connectivity index (χ2n) is 7.08. The van der Waals surface area contributed by atoms with Crippen LogP contribution < -0.4 is 5.32 Å². The predicted molar refractivity (Wildman–Crippen MR) is 98.0 cm³/mol. The van der Waals surface area contributed by atoms with Crippen LogP contribution in [0.3, 0.4) is 0 Å². The van der Waals surface area contributed by atoms with Gasteiger partial charge in [0.1, 0.15) is 0 Å². The van der Waals surface area contributed by atoms with E-state index >= 15 is 0 Å². The lowest BCUT2D eigenvalue weighted by Crippen LogP contribution is -2.34. The molecule has 1 aliphatic rings. The zero-order valence-electron chi connectivity index (χ0n) is 15.3. The molecule has 1 aromatic carbocycles. The highest BCUT2D eigenvalue weighted by atomic mass is 16.3. The molecule has 1 fully saturated rings. The van der Waals surface area contributed by atoms with E-state index in [1.807, 2.05) is 26.0 Å². The van der Waals surface area contributed by atoms with E-state index in [4.69, 9.17) is 0 Å². The number of amides is 2. The average molecular weight is 344 g/mol. The summed E-state index contributed by atoms with van der Waals surface area (Å²) in [7, 11) is 1.78. The monoisotopic (exact) mass is 344 g/mol. The minimum absolute atomic E-state index is 0.0424. The van der Waals surface area contributed by atoms with Crippen LogP contribution in [0.15, 0.2) is 35.9 Å². The molecule has 0 bridgehead atoms. The second kappa shape index (κ2) is 8.81. The minimum Gasteiger partial charge on any atom is -0.393 e. The Morgan fingerprint density at radius 1 is 1.24 bits per heavy atom. The molecule has 5 nitrogen and oxygen atoms in total. The number of aliphatic hydroxyl groups is 1. The fourth-order valence-corrected chi connectivity index (χ4v) is 3.15. The van der Waals surface area contributed by atoms with Gasteiger partial charge in [-0.2, -0.15) is 0 Å². The summed E-state index contributed by atoms with van der Waals surface area (Å²) in [5, 5.41) is 12.7. The zero-order valence-corrected chi connectivity index (χ0v) is 15.3. The third kappa shape index (κ3) is 5.71. The predicted octanol–water partition coefficient (Wildman–Crippen LogP) is 2.50. The van der Waals surface area contributed by atoms with E-state index in [0.717, 1.165) is 30.4 Å². The number of carbonyl (C=O) groups excluding carboxylic acids is 2. The van der Waals surface area contributed by atoms with Crippen molar-refractivity contribution < 1.29 is 14.7 Å². The Bertz CT molecular complexity index is 633. The molecule has 2 rings (SSSR count). The summed E-state index contributed by atoms with van der Waals surface area (Å²) in [6.07, 6.45) is 4.11. The molecule has 5 heteroatoms. The van der Waals surface area contributed by atoms with E-state index in [1.54, 1.807) is 30.2 Å². The van der Waals surface area contributed by atoms with Crippen LogP contribution in [0.4, 0.5) is 0 Å². The van der Waals surface area contributed by atoms with E-state index in [0.29, 0.717) is 18.7 Å². The summed E-state index contributed by atoms with van der Waals surface area (Å²) < 4.78 is 0. The maximum atomic E-state index is 12.5. The van der Waals surface area contributed by atoms with Crippen LogP contribution in [-0.4, -0.2) is 41.5 Å². The summed E-state index contributed by atoms with van der Waals surface area (Å²) >= 11 is 0. The van der Waals surface area contributed by atoms with Gasteiger partial charge in [-0.15, -0.1) is 0 Å². The van der Waals surface area contributed by atoms with E-state index < -0.39 is 0 Å². The molecule has 25 heavy (non-hydrogen) atoms. The van der Waals surface area contributed by atoms with Gasteiger partial charge >= 0.3 is 0 Å². The van der Waals surface area contributed by atoms with Crippen LogP contribution in [-0.2, 0) is 11.3 Å². The Hall–Kier alpha value is -2.14. The SMILES string of the molecule is CC(C)=CC(=O)NCc1ccc(C(=O)N(C)CC2CCCC2O)cc1. The van der Waals surface area contributed by atoms with E-state index in [9.17, 15) is 14.7 Å². The van der Waals surface area contributed by atoms with E-state index in [2.05, 4.69) is 5.32 Å². The van der Waals surface area contributed by atoms with E-state index in [1.165, 1.54) is 0 Å². The fourth-order valence-electron chi connectivity index (χ4n) is 3.15. The third-order valence-corrected chi connectivity index (χ3v) is 4.56. The minimum atomic E-state index is -0.290. The fraction of sp³-hybridized carbons (Fsp3) is 0.500. The molecule has 0 aliphatic heterocycles. The van der Waals surface area contributed by atoms with Crippen molar-refractivity contribution in [3.8, 4) is 0 Å². The van der Waals surface area contributed by atoms with Gasteiger partial charge in [-0.3, -0.25) is 9.59 Å². The smallest absolute Gasteiger partial charge is 0.253 e. The Kier molecular flexibility index (Phi) is 6.76. The highest BCUT2D eigenvalue weighted by Gasteiger charge is 2.27. The molecule has 136 valence electrons. The lowest BCUT2D eigenvalue weighted by atomic mass is 10.0. The van der Waals surface area contributed by atoms with Gasteiger partial charge in [-0.25, -0.2) is 0 Å². The van der Waals surface area contributed by atoms with Gasteiger partial charge in [-0.1, -0.05) is 24.1 Å². The summed E-state index contributed by atoms with van der Waals surface area (Å²) in [6, 6.07) is 7.28. The molecule has 2 atom stereocenters. The van der Waals surface area contributed by atoms with Gasteiger partial charge in [0.15, 0.2) is 0 Å². The number of benzene rings is 1. The van der Waals surface area contributed by atoms with Gasteiger partial charge in [0.05, 0.1) is 6.10 Å². The maximum absolute atomic E-state index is 12.5. The quantitative estimate of drug-likeness (QED) is 0.779. The molecular formula is C20H28N2O3. The lowest BCUT2D eigenvalue weighted by Gasteiger charge is -2.23. The number of allylic oxidation sites excluding steroid dienone is 1. The molecule has 0 heterocycles. The molecule has 0 spiro atoms. The van der Waals surface area contributed by atoms with Gasteiger partial charge in [0, 0.05) is 37.7 Å². The van der Waals surface area contributed by atoms with Crippen LogP contribution in [0.1, 0.15) is 49.0 Å². The maximum Gasteiger partial charge on any atom is 0.253 e. The lowest BCUT2D eigenvalue weighted by molar-refractivity contribution is -0.116. The third-order valence-electron chi connectivity index (χ3n) is 4.56. The van der Waals surface area contributed by atoms with Crippen molar-refractivity contribution in [1.82, 2.24) is 10.2 Å². The first-order valence-corrected chi connectivity index (χ1v) is 8.82. The number of carbonyl (C=O) groups is 2. The normalized spacial score (nSPS) is 19.4. The van der Waals surface area contributed by atoms with E-state index in [-0.39, 0.29) is 23.8 Å². The molecule has 0 radical (unpaired) electrons. The molecular weight excluding hydrogens is 316 g/mol. The number of hydrogen-bond donors (Lipinski definition) is 2. The number of aliphatic hydroxyl groups excluding tert-OH is 1. The van der Waals surface area contributed by atoms with Crippen molar-refractivity contribution in [2.75, 3.05) is 13.6 Å². The number of nitrogens with zero attached hydrogens (tertiary/aromatic N) is 1. The molecule has 1 aliphatic carbocycles. The molecule has 1 saturated carbocycles. The Balaban J connectivity index is 1.89. The first kappa shape index (κ1) is 19.2. The average Bonchev–Trinajstić information content (AvgIpc) is 2.97. The van der Waals surface area contributed by atoms with Crippen molar-refractivity contribution in [3.63, 3.8) is 0 Å². The van der Waals surface area contributed by atoms with Gasteiger partial charge in [0.25, 0.3) is 5.91 Å². The van der Waals surface area contributed by atoms with Crippen LogP contribution >= 0.6 is 0 Å². The Morgan fingerprint density at radius 2 is 1.92 bits per heavy atom. The largest absolute Gasteiger partial charge is 0.393 e. The molecule has 2 unspecified atom stereocenters. The highest BCUT2D eigenvalue weighted by molar-refractivity contribution is 5.94. The molecule has 2 amide bonds. The van der Waals surface area contributed by atoms with Crippen molar-refractivity contribution in [2.45, 2.75) is 45.8 Å². The van der Waals surface area contributed by atoms with Crippen LogP contribution in [0.2, 0.25) is 0 Å². The molecule has 2 N–H and O–H groups in total. The van der Waals surface area contributed by atoms with Crippen LogP contribution in [0.5, 0.6) is 0 Å². The summed E-state index contributed by atoms with van der Waals surface area (Å²) in [5.74, 6) is 0.0211. The van der Waals surface area contributed by atoms with Crippen LogP contribution in [0.25, 0.3) is 0 Å². The highest BCUT2D eigenvalue weighted by Crippen LogP contribution is 2.26. The summed E-state index contributed by atoms with van der Waals surface area (Å²) in [6.45, 7) is 4.77.